The maximum absolute atomic E-state index is 13.5. The molecule has 118 valence electrons. The third-order valence-electron chi connectivity index (χ3n) is 2.37. The molecule has 1 rings (SSSR count). The molecule has 0 radical (unpaired) electrons. The number of carboxylic acid groups (broad SMARTS) is 1. The van der Waals surface area contributed by atoms with Crippen molar-refractivity contribution < 1.29 is 36.2 Å². The van der Waals surface area contributed by atoms with Crippen LogP contribution in [0.5, 0.6) is 0 Å². The molecule has 0 bridgehead atoms. The molecule has 0 aliphatic rings. The van der Waals surface area contributed by atoms with Gasteiger partial charge in [-0.3, -0.25) is 0 Å². The largest absolute Gasteiger partial charge is 0.479 e. The predicted octanol–water partition coefficient (Wildman–Crippen LogP) is -1.05. The third kappa shape index (κ3) is 4.46. The number of aliphatic hydroxyl groups is 1. The minimum Gasteiger partial charge on any atom is -0.479 e. The molecular weight excluding hydrogens is 329 g/mol. The number of hydrogen-bond acceptors (Lipinski definition) is 6. The van der Waals surface area contributed by atoms with E-state index in [1.165, 1.54) is 0 Å². The molecule has 0 saturated heterocycles. The molecule has 0 saturated carbocycles. The Hall–Kier alpha value is -1.56. The summed E-state index contributed by atoms with van der Waals surface area (Å²) in [4.78, 5) is 9.00. The fourth-order valence-electron chi connectivity index (χ4n) is 1.27. The van der Waals surface area contributed by atoms with E-state index in [1.807, 2.05) is 0 Å². The van der Waals surface area contributed by atoms with Crippen molar-refractivity contribution in [1.29, 1.82) is 0 Å². The van der Waals surface area contributed by atoms with Gasteiger partial charge in [-0.25, -0.2) is 30.7 Å². The fraction of sp³-hybridized carbons (Fsp3) is 0.300. The lowest BCUT2D eigenvalue weighted by Crippen LogP contribution is -2.36. The SMILES string of the molecule is CS(=O)(=O)c1ccc(F)c(S(=O)(=O)NCC(O)C(=O)O)c1. The number of sulfone groups is 1. The lowest BCUT2D eigenvalue weighted by Gasteiger charge is -2.10. The Morgan fingerprint density at radius 3 is 2.38 bits per heavy atom. The van der Waals surface area contributed by atoms with Gasteiger partial charge in [-0.15, -0.1) is 0 Å². The van der Waals surface area contributed by atoms with E-state index in [-0.39, 0.29) is 0 Å². The highest BCUT2D eigenvalue weighted by Gasteiger charge is 2.24. The van der Waals surface area contributed by atoms with Gasteiger partial charge in [0.15, 0.2) is 15.9 Å². The minimum absolute atomic E-state index is 0.414. The Balaban J connectivity index is 3.17. The van der Waals surface area contributed by atoms with Crippen molar-refractivity contribution in [1.82, 2.24) is 4.72 Å². The van der Waals surface area contributed by atoms with Crippen LogP contribution in [0.15, 0.2) is 28.0 Å². The van der Waals surface area contributed by atoms with Crippen molar-refractivity contribution in [3.63, 3.8) is 0 Å². The molecule has 0 amide bonds. The second-order valence-electron chi connectivity index (χ2n) is 4.07. The van der Waals surface area contributed by atoms with Crippen LogP contribution >= 0.6 is 0 Å². The smallest absolute Gasteiger partial charge is 0.333 e. The highest BCUT2D eigenvalue weighted by atomic mass is 32.2. The van der Waals surface area contributed by atoms with Crippen LogP contribution in [0, 0.1) is 5.82 Å². The van der Waals surface area contributed by atoms with Gasteiger partial charge in [-0.1, -0.05) is 0 Å². The van der Waals surface area contributed by atoms with Crippen molar-refractivity contribution in [3.8, 4) is 0 Å². The second-order valence-corrected chi connectivity index (χ2v) is 7.82. The van der Waals surface area contributed by atoms with Crippen molar-refractivity contribution in [2.75, 3.05) is 12.8 Å². The van der Waals surface area contributed by atoms with Crippen LogP contribution in [0.1, 0.15) is 0 Å². The first kappa shape index (κ1) is 17.5. The number of benzene rings is 1. The Labute approximate surface area is 120 Å². The zero-order chi connectivity index (χ0) is 16.4. The first-order valence-corrected chi connectivity index (χ1v) is 8.73. The topological polar surface area (TPSA) is 138 Å². The van der Waals surface area contributed by atoms with Crippen LogP contribution in [0.25, 0.3) is 0 Å². The summed E-state index contributed by atoms with van der Waals surface area (Å²) in [5.41, 5.74) is 0. The van der Waals surface area contributed by atoms with Crippen LogP contribution in [0.2, 0.25) is 0 Å². The quantitative estimate of drug-likeness (QED) is 0.561. The highest BCUT2D eigenvalue weighted by molar-refractivity contribution is 7.91. The van der Waals surface area contributed by atoms with Gasteiger partial charge < -0.3 is 10.2 Å². The normalized spacial score (nSPS) is 13.9. The molecule has 11 heteroatoms. The van der Waals surface area contributed by atoms with Crippen LogP contribution in [-0.2, 0) is 24.7 Å². The summed E-state index contributed by atoms with van der Waals surface area (Å²) in [6.45, 7) is -0.889. The summed E-state index contributed by atoms with van der Waals surface area (Å²) in [7, 11) is -8.26. The van der Waals surface area contributed by atoms with E-state index in [2.05, 4.69) is 0 Å². The predicted molar refractivity (Wildman–Crippen MR) is 68.3 cm³/mol. The molecule has 1 aromatic rings. The fourth-order valence-corrected chi connectivity index (χ4v) is 3.14. The monoisotopic (exact) mass is 341 g/mol. The Morgan fingerprint density at radius 1 is 1.33 bits per heavy atom. The molecule has 0 fully saturated rings. The van der Waals surface area contributed by atoms with E-state index in [4.69, 9.17) is 10.2 Å². The Kier molecular flexibility index (Phi) is 5.04. The van der Waals surface area contributed by atoms with E-state index in [0.29, 0.717) is 12.1 Å². The summed E-state index contributed by atoms with van der Waals surface area (Å²) in [5, 5.41) is 17.4. The molecule has 0 spiro atoms. The molecule has 0 heterocycles. The number of carboxylic acids is 1. The van der Waals surface area contributed by atoms with Gasteiger partial charge in [0.1, 0.15) is 10.7 Å². The van der Waals surface area contributed by atoms with Crippen LogP contribution < -0.4 is 4.72 Å². The van der Waals surface area contributed by atoms with E-state index in [9.17, 15) is 26.0 Å². The molecular formula is C10H12FNO7S2. The maximum Gasteiger partial charge on any atom is 0.333 e. The van der Waals surface area contributed by atoms with Gasteiger partial charge in [0.2, 0.25) is 10.0 Å². The van der Waals surface area contributed by atoms with Gasteiger partial charge in [0.25, 0.3) is 0 Å². The average molecular weight is 341 g/mol. The number of aliphatic carboxylic acids is 1. The Morgan fingerprint density at radius 2 is 1.90 bits per heavy atom. The molecule has 8 nitrogen and oxygen atoms in total. The number of nitrogens with one attached hydrogen (secondary N) is 1. The molecule has 1 unspecified atom stereocenters. The number of rotatable bonds is 6. The average Bonchev–Trinajstić information content (AvgIpc) is 2.34. The van der Waals surface area contributed by atoms with Crippen molar-refractivity contribution in [3.05, 3.63) is 24.0 Å². The summed E-state index contributed by atoms with van der Waals surface area (Å²) in [6.07, 6.45) is -1.20. The van der Waals surface area contributed by atoms with E-state index >= 15 is 0 Å². The molecule has 3 N–H and O–H groups in total. The molecule has 0 aliphatic heterocycles. The van der Waals surface area contributed by atoms with Crippen molar-refractivity contribution >= 4 is 25.8 Å². The third-order valence-corrected chi connectivity index (χ3v) is 4.92. The summed E-state index contributed by atoms with van der Waals surface area (Å²) >= 11 is 0. The van der Waals surface area contributed by atoms with Crippen molar-refractivity contribution in [2.24, 2.45) is 0 Å². The second kappa shape index (κ2) is 6.05. The van der Waals surface area contributed by atoms with E-state index < -0.39 is 54.1 Å². The number of aliphatic hydroxyl groups excluding tert-OH is 1. The number of sulfonamides is 1. The zero-order valence-corrected chi connectivity index (χ0v) is 12.3. The number of carbonyl (C=O) groups is 1. The first-order chi connectivity index (χ1) is 9.45. The summed E-state index contributed by atoms with van der Waals surface area (Å²) < 4.78 is 61.5. The van der Waals surface area contributed by atoms with E-state index in [0.717, 1.165) is 12.3 Å². The minimum atomic E-state index is -4.52. The van der Waals surface area contributed by atoms with Gasteiger partial charge in [-0.2, -0.15) is 0 Å². The summed E-state index contributed by atoms with van der Waals surface area (Å²) in [6, 6.07) is 2.18. The van der Waals surface area contributed by atoms with Crippen LogP contribution in [-0.4, -0.2) is 51.9 Å². The number of hydrogen-bond donors (Lipinski definition) is 3. The highest BCUT2D eigenvalue weighted by Crippen LogP contribution is 2.19. The molecule has 1 aromatic carbocycles. The molecule has 1 atom stereocenters. The lowest BCUT2D eigenvalue weighted by atomic mass is 10.3. The van der Waals surface area contributed by atoms with Crippen molar-refractivity contribution in [2.45, 2.75) is 15.9 Å². The molecule has 21 heavy (non-hydrogen) atoms. The zero-order valence-electron chi connectivity index (χ0n) is 10.6. The summed E-state index contributed by atoms with van der Waals surface area (Å²) in [5.74, 6) is -2.87. The van der Waals surface area contributed by atoms with Crippen LogP contribution in [0.3, 0.4) is 0 Å². The van der Waals surface area contributed by atoms with Gasteiger partial charge >= 0.3 is 5.97 Å². The molecule has 0 aliphatic carbocycles. The maximum atomic E-state index is 13.5. The standard InChI is InChI=1S/C10H12FNO7S2/c1-20(16,17)6-2-3-7(11)9(4-6)21(18,19)12-5-8(13)10(14)15/h2-4,8,12-13H,5H2,1H3,(H,14,15). The van der Waals surface area contributed by atoms with Gasteiger partial charge in [-0.05, 0) is 18.2 Å². The van der Waals surface area contributed by atoms with Crippen LogP contribution in [0.4, 0.5) is 4.39 Å². The molecule has 0 aromatic heterocycles. The Bertz CT molecular complexity index is 758. The van der Waals surface area contributed by atoms with Gasteiger partial charge in [0.05, 0.1) is 4.90 Å². The first-order valence-electron chi connectivity index (χ1n) is 5.35. The van der Waals surface area contributed by atoms with E-state index in [1.54, 1.807) is 4.72 Å². The van der Waals surface area contributed by atoms with Gasteiger partial charge in [0, 0.05) is 12.8 Å². The number of halogens is 1. The lowest BCUT2D eigenvalue weighted by molar-refractivity contribution is -0.146.